The Kier molecular flexibility index (Phi) is 64.1. The largest absolute Gasteiger partial charge is 0.103 e. The third-order valence-electron chi connectivity index (χ3n) is 2.45. The number of allylic oxidation sites excluding steroid dienone is 6. The zero-order valence-electron chi connectivity index (χ0n) is 14.7. The minimum atomic E-state index is 0. The van der Waals surface area contributed by atoms with Crippen molar-refractivity contribution in [2.75, 3.05) is 0 Å². The van der Waals surface area contributed by atoms with Gasteiger partial charge >= 0.3 is 0 Å². The Morgan fingerprint density at radius 3 is 0.565 bits per heavy atom. The summed E-state index contributed by atoms with van der Waals surface area (Å²) in [6, 6.07) is 0. The molecule has 0 saturated heterocycles. The molecule has 23 heavy (non-hydrogen) atoms. The maximum atomic E-state index is 3.60. The third kappa shape index (κ3) is 61.4. The summed E-state index contributed by atoms with van der Waals surface area (Å²) < 4.78 is 0. The summed E-state index contributed by atoms with van der Waals surface area (Å²) in [6.07, 6.45) is 21.9. The molecular formula is C21H36Pt2. The molecule has 0 nitrogen and oxygen atoms in total. The Labute approximate surface area is 175 Å². The maximum absolute atomic E-state index is 3.60. The molecule has 0 aromatic heterocycles. The van der Waals surface area contributed by atoms with E-state index in [1.807, 2.05) is 36.5 Å². The molecule has 0 heterocycles. The molecule has 2 heteroatoms. The molecule has 0 unspecified atom stereocenters. The van der Waals surface area contributed by atoms with Crippen molar-refractivity contribution in [2.45, 2.75) is 57.8 Å². The van der Waals surface area contributed by atoms with Gasteiger partial charge in [-0.15, -0.1) is 39.5 Å². The quantitative estimate of drug-likeness (QED) is 0.148. The van der Waals surface area contributed by atoms with Crippen LogP contribution in [0.2, 0.25) is 0 Å². The van der Waals surface area contributed by atoms with Crippen molar-refractivity contribution < 1.29 is 42.1 Å². The molecule has 0 amide bonds. The van der Waals surface area contributed by atoms with Crippen molar-refractivity contribution in [1.29, 1.82) is 0 Å². The molecule has 0 aromatic rings. The molecule has 0 saturated carbocycles. The average molecular weight is 679 g/mol. The van der Waals surface area contributed by atoms with E-state index < -0.39 is 0 Å². The molecule has 0 aliphatic rings. The van der Waals surface area contributed by atoms with E-state index in [0.717, 1.165) is 38.5 Å². The van der Waals surface area contributed by atoms with Gasteiger partial charge in [0.05, 0.1) is 0 Å². The number of rotatable bonds is 12. The second kappa shape index (κ2) is 43.1. The van der Waals surface area contributed by atoms with Gasteiger partial charge < -0.3 is 0 Å². The van der Waals surface area contributed by atoms with E-state index in [-0.39, 0.29) is 42.1 Å². The van der Waals surface area contributed by atoms with Crippen molar-refractivity contribution in [1.82, 2.24) is 0 Å². The van der Waals surface area contributed by atoms with Crippen molar-refractivity contribution in [3.63, 3.8) is 0 Å². The van der Waals surface area contributed by atoms with Gasteiger partial charge in [-0.3, -0.25) is 0 Å². The Morgan fingerprint density at radius 2 is 0.478 bits per heavy atom. The number of hydrogen-bond donors (Lipinski definition) is 0. The summed E-state index contributed by atoms with van der Waals surface area (Å²) in [6.45, 7) is 21.6. The van der Waals surface area contributed by atoms with Crippen molar-refractivity contribution in [3.05, 3.63) is 75.9 Å². The Hall–Kier alpha value is -0.183. The zero-order valence-corrected chi connectivity index (χ0v) is 19.2. The van der Waals surface area contributed by atoms with Crippen LogP contribution in [0.5, 0.6) is 0 Å². The van der Waals surface area contributed by atoms with E-state index in [4.69, 9.17) is 0 Å². The molecule has 0 fully saturated rings. The summed E-state index contributed by atoms with van der Waals surface area (Å²) in [4.78, 5) is 0. The molecule has 140 valence electrons. The SMILES string of the molecule is C=CCCCC=C.C=CCCCC=C.C=CCCCC=C.[Pt].[Pt]. The monoisotopic (exact) mass is 678 g/mol. The van der Waals surface area contributed by atoms with E-state index in [0.29, 0.717) is 0 Å². The van der Waals surface area contributed by atoms with Gasteiger partial charge in [0.15, 0.2) is 0 Å². The van der Waals surface area contributed by atoms with Gasteiger partial charge in [0, 0.05) is 42.1 Å². The molecule has 0 aliphatic heterocycles. The summed E-state index contributed by atoms with van der Waals surface area (Å²) in [5, 5.41) is 0. The molecule has 0 spiro atoms. The fraction of sp³-hybridized carbons (Fsp3) is 0.429. The molecule has 0 rings (SSSR count). The maximum Gasteiger partial charge on any atom is 0 e. The molecule has 0 aliphatic carbocycles. The summed E-state index contributed by atoms with van der Waals surface area (Å²) in [5.41, 5.74) is 0. The normalized spacial score (nSPS) is 7.30. The molecule has 0 atom stereocenters. The van der Waals surface area contributed by atoms with Gasteiger partial charge in [0.2, 0.25) is 0 Å². The predicted molar refractivity (Wildman–Crippen MR) is 103 cm³/mol. The fourth-order valence-electron chi connectivity index (χ4n) is 1.22. The minimum Gasteiger partial charge on any atom is -0.103 e. The van der Waals surface area contributed by atoms with E-state index in [1.54, 1.807) is 0 Å². The third-order valence-corrected chi connectivity index (χ3v) is 2.45. The number of unbranched alkanes of at least 4 members (excludes halogenated alkanes) is 6. The van der Waals surface area contributed by atoms with Crippen molar-refractivity contribution >= 4 is 0 Å². The molecule has 0 aromatic carbocycles. The first-order chi connectivity index (χ1) is 10.2. The van der Waals surface area contributed by atoms with Crippen LogP contribution in [-0.2, 0) is 42.1 Å². The van der Waals surface area contributed by atoms with Crippen LogP contribution in [-0.4, -0.2) is 0 Å². The van der Waals surface area contributed by atoms with E-state index in [9.17, 15) is 0 Å². The Balaban J connectivity index is -0.0000000675. The standard InChI is InChI=1S/3C7H12.2Pt/c3*1-3-5-7-6-4-2;;/h3*3-4H,1-2,5-7H2;;. The van der Waals surface area contributed by atoms with Crippen molar-refractivity contribution in [3.8, 4) is 0 Å². The molecule has 0 bridgehead atoms. The predicted octanol–water partition coefficient (Wildman–Crippen LogP) is 7.58. The van der Waals surface area contributed by atoms with Crippen molar-refractivity contribution in [2.24, 2.45) is 0 Å². The fourth-order valence-corrected chi connectivity index (χ4v) is 1.22. The second-order valence-corrected chi connectivity index (χ2v) is 4.52. The summed E-state index contributed by atoms with van der Waals surface area (Å²) >= 11 is 0. The van der Waals surface area contributed by atoms with Gasteiger partial charge in [0.1, 0.15) is 0 Å². The van der Waals surface area contributed by atoms with Crippen LogP contribution in [0.3, 0.4) is 0 Å². The Morgan fingerprint density at radius 1 is 0.348 bits per heavy atom. The van der Waals surface area contributed by atoms with E-state index in [2.05, 4.69) is 39.5 Å². The van der Waals surface area contributed by atoms with Crippen LogP contribution in [0, 0.1) is 0 Å². The van der Waals surface area contributed by atoms with Gasteiger partial charge in [-0.25, -0.2) is 0 Å². The van der Waals surface area contributed by atoms with Crippen LogP contribution in [0.15, 0.2) is 75.9 Å². The first-order valence-corrected chi connectivity index (χ1v) is 7.90. The van der Waals surface area contributed by atoms with Crippen LogP contribution in [0.1, 0.15) is 57.8 Å². The second-order valence-electron chi connectivity index (χ2n) is 4.52. The van der Waals surface area contributed by atoms with Gasteiger partial charge in [0.25, 0.3) is 0 Å². The van der Waals surface area contributed by atoms with Crippen LogP contribution >= 0.6 is 0 Å². The van der Waals surface area contributed by atoms with Gasteiger partial charge in [-0.2, -0.15) is 0 Å². The molecule has 0 N–H and O–H groups in total. The number of hydrogen-bond acceptors (Lipinski definition) is 0. The van der Waals surface area contributed by atoms with Crippen LogP contribution < -0.4 is 0 Å². The first-order valence-electron chi connectivity index (χ1n) is 7.90. The zero-order chi connectivity index (χ0) is 16.6. The Bertz CT molecular complexity index is 188. The van der Waals surface area contributed by atoms with E-state index in [1.165, 1.54) is 19.3 Å². The molecular weight excluding hydrogens is 642 g/mol. The minimum absolute atomic E-state index is 0. The summed E-state index contributed by atoms with van der Waals surface area (Å²) in [5.74, 6) is 0. The average Bonchev–Trinajstić information content (AvgIpc) is 2.50. The van der Waals surface area contributed by atoms with E-state index >= 15 is 0 Å². The summed E-state index contributed by atoms with van der Waals surface area (Å²) in [7, 11) is 0. The van der Waals surface area contributed by atoms with Gasteiger partial charge in [-0.1, -0.05) is 36.5 Å². The van der Waals surface area contributed by atoms with Crippen LogP contribution in [0.25, 0.3) is 0 Å². The smallest absolute Gasteiger partial charge is 0 e. The van der Waals surface area contributed by atoms with Crippen LogP contribution in [0.4, 0.5) is 0 Å². The van der Waals surface area contributed by atoms with Gasteiger partial charge in [-0.05, 0) is 57.8 Å². The first kappa shape index (κ1) is 34.2. The molecule has 0 radical (unpaired) electrons. The topological polar surface area (TPSA) is 0 Å².